The molecule has 10 aromatic rings. The molecule has 1 atom stereocenters. The lowest BCUT2D eigenvalue weighted by Crippen LogP contribution is -2.22. The van der Waals surface area contributed by atoms with Crippen LogP contribution in [-0.4, -0.2) is 10.4 Å². The number of para-hydroxylation sites is 1. The fraction of sp³-hybridized carbons (Fsp3) is 0.0192. The molecule has 258 valence electrons. The van der Waals surface area contributed by atoms with Crippen molar-refractivity contribution in [1.82, 2.24) is 4.57 Å². The molecule has 0 fully saturated rings. The Morgan fingerprint density at radius 3 is 1.69 bits per heavy atom. The Kier molecular flexibility index (Phi) is 7.24. The van der Waals surface area contributed by atoms with Crippen molar-refractivity contribution in [2.45, 2.75) is 6.04 Å². The van der Waals surface area contributed by atoms with E-state index >= 15 is 0 Å². The predicted octanol–water partition coefficient (Wildman–Crippen LogP) is 13.4. The first-order valence-corrected chi connectivity index (χ1v) is 18.9. The number of nitrogens with one attached hydrogen (secondary N) is 1. The first kappa shape index (κ1) is 31.3. The van der Waals surface area contributed by atoms with E-state index in [-0.39, 0.29) is 6.04 Å². The van der Waals surface area contributed by atoms with Crippen LogP contribution >= 0.6 is 0 Å². The first-order valence-electron chi connectivity index (χ1n) is 18.9. The summed E-state index contributed by atoms with van der Waals surface area (Å²) in [6.45, 7) is 0. The molecular formula is C52H35N3. The summed E-state index contributed by atoms with van der Waals surface area (Å²) < 4.78 is 2.42. The summed E-state index contributed by atoms with van der Waals surface area (Å²) >= 11 is 0. The molecule has 1 aromatic heterocycles. The highest BCUT2D eigenvalue weighted by Crippen LogP contribution is 2.41. The molecule has 11 rings (SSSR count). The van der Waals surface area contributed by atoms with Gasteiger partial charge in [-0.2, -0.15) is 0 Å². The van der Waals surface area contributed by atoms with Gasteiger partial charge in [0.1, 0.15) is 11.9 Å². The summed E-state index contributed by atoms with van der Waals surface area (Å²) in [6.07, 6.45) is 0. The van der Waals surface area contributed by atoms with Crippen LogP contribution in [0.5, 0.6) is 0 Å². The van der Waals surface area contributed by atoms with Gasteiger partial charge in [0.15, 0.2) is 0 Å². The molecule has 0 saturated carbocycles. The van der Waals surface area contributed by atoms with Crippen molar-refractivity contribution < 1.29 is 0 Å². The topological polar surface area (TPSA) is 29.3 Å². The monoisotopic (exact) mass is 701 g/mol. The van der Waals surface area contributed by atoms with Crippen molar-refractivity contribution in [2.75, 3.05) is 5.32 Å². The molecule has 3 heteroatoms. The fourth-order valence-corrected chi connectivity index (χ4v) is 8.59. The molecule has 0 spiro atoms. The minimum absolute atomic E-state index is 0.147. The Morgan fingerprint density at radius 1 is 0.418 bits per heavy atom. The summed E-state index contributed by atoms with van der Waals surface area (Å²) in [5, 5.41) is 11.3. The summed E-state index contributed by atoms with van der Waals surface area (Å²) in [6, 6.07) is 72.0. The van der Waals surface area contributed by atoms with Gasteiger partial charge in [0, 0.05) is 33.3 Å². The molecule has 0 radical (unpaired) electrons. The normalized spacial score (nSPS) is 13.9. The van der Waals surface area contributed by atoms with Gasteiger partial charge < -0.3 is 9.88 Å². The van der Waals surface area contributed by atoms with Crippen LogP contribution in [0.3, 0.4) is 0 Å². The standard InChI is InChI=1S/C52H35N3/c1-2-12-34(13-3-1)39-16-10-17-40(32-39)35-24-26-38(27-25-35)51-45-22-8-9-23-46(45)53-52(54-51)41-18-11-19-42(33-41)55-47-30-28-36-14-4-6-20-43(36)49(47)50-44-21-7-5-15-37(44)29-31-48(50)55/h1-33,51H,(H,53,54). The van der Waals surface area contributed by atoms with E-state index in [1.165, 1.54) is 71.2 Å². The molecule has 1 aliphatic heterocycles. The number of nitrogens with zero attached hydrogens (tertiary/aromatic N) is 2. The van der Waals surface area contributed by atoms with Crippen LogP contribution in [0.4, 0.5) is 5.69 Å². The maximum absolute atomic E-state index is 5.45. The van der Waals surface area contributed by atoms with Gasteiger partial charge in [0.2, 0.25) is 0 Å². The van der Waals surface area contributed by atoms with E-state index < -0.39 is 0 Å². The Bertz CT molecular complexity index is 3020. The van der Waals surface area contributed by atoms with Crippen molar-refractivity contribution in [2.24, 2.45) is 4.99 Å². The number of aliphatic imine (C=N–C) groups is 1. The van der Waals surface area contributed by atoms with Crippen LogP contribution in [0.1, 0.15) is 22.7 Å². The third-order valence-corrected chi connectivity index (χ3v) is 11.2. The molecule has 1 aliphatic rings. The molecule has 9 aromatic carbocycles. The largest absolute Gasteiger partial charge is 0.340 e. The summed E-state index contributed by atoms with van der Waals surface area (Å²) in [5.74, 6) is 0.863. The second-order valence-corrected chi connectivity index (χ2v) is 14.4. The average molecular weight is 702 g/mol. The van der Waals surface area contributed by atoms with Crippen molar-refractivity contribution >= 4 is 54.9 Å². The maximum atomic E-state index is 5.45. The molecule has 0 saturated heterocycles. The number of fused-ring (bicyclic) bond motifs is 8. The average Bonchev–Trinajstić information content (AvgIpc) is 3.62. The zero-order valence-corrected chi connectivity index (χ0v) is 30.0. The lowest BCUT2D eigenvalue weighted by atomic mass is 9.93. The lowest BCUT2D eigenvalue weighted by Gasteiger charge is -2.26. The molecule has 55 heavy (non-hydrogen) atoms. The number of aromatic nitrogens is 1. The van der Waals surface area contributed by atoms with Gasteiger partial charge in [-0.1, -0.05) is 164 Å². The van der Waals surface area contributed by atoms with Crippen molar-refractivity contribution in [3.05, 3.63) is 217 Å². The first-order chi connectivity index (χ1) is 27.3. The molecule has 1 unspecified atom stereocenters. The molecule has 0 bridgehead atoms. The van der Waals surface area contributed by atoms with E-state index in [2.05, 4.69) is 210 Å². The van der Waals surface area contributed by atoms with Crippen LogP contribution in [-0.2, 0) is 0 Å². The minimum Gasteiger partial charge on any atom is -0.340 e. The Hall–Kier alpha value is -7.23. The van der Waals surface area contributed by atoms with Gasteiger partial charge in [-0.3, -0.25) is 4.99 Å². The van der Waals surface area contributed by atoms with Crippen molar-refractivity contribution in [1.29, 1.82) is 0 Å². The molecule has 3 nitrogen and oxygen atoms in total. The Morgan fingerprint density at radius 2 is 0.982 bits per heavy atom. The summed E-state index contributed by atoms with van der Waals surface area (Å²) in [5.41, 5.74) is 12.8. The van der Waals surface area contributed by atoms with E-state index in [0.29, 0.717) is 0 Å². The van der Waals surface area contributed by atoms with E-state index in [0.717, 1.165) is 28.3 Å². The Balaban J connectivity index is 1.02. The smallest absolute Gasteiger partial charge is 0.133 e. The molecular weight excluding hydrogens is 667 g/mol. The van der Waals surface area contributed by atoms with Crippen LogP contribution in [0, 0.1) is 0 Å². The van der Waals surface area contributed by atoms with Crippen LogP contribution in [0.25, 0.3) is 71.3 Å². The summed E-state index contributed by atoms with van der Waals surface area (Å²) in [7, 11) is 0. The molecule has 1 N–H and O–H groups in total. The number of hydrogen-bond acceptors (Lipinski definition) is 2. The second-order valence-electron chi connectivity index (χ2n) is 14.4. The highest BCUT2D eigenvalue weighted by atomic mass is 15.1. The highest BCUT2D eigenvalue weighted by molar-refractivity contribution is 6.28. The Labute approximate surface area is 319 Å². The van der Waals surface area contributed by atoms with Gasteiger partial charge in [0.25, 0.3) is 0 Å². The highest BCUT2D eigenvalue weighted by Gasteiger charge is 2.24. The third kappa shape index (κ3) is 5.24. The van der Waals surface area contributed by atoms with Crippen molar-refractivity contribution in [3.63, 3.8) is 0 Å². The maximum Gasteiger partial charge on any atom is 0.133 e. The second kappa shape index (κ2) is 12.7. The van der Waals surface area contributed by atoms with Gasteiger partial charge >= 0.3 is 0 Å². The molecule has 2 heterocycles. The summed E-state index contributed by atoms with van der Waals surface area (Å²) in [4.78, 5) is 5.45. The number of hydrogen-bond donors (Lipinski definition) is 1. The number of anilines is 1. The van der Waals surface area contributed by atoms with E-state index in [4.69, 9.17) is 4.99 Å². The number of amidine groups is 1. The van der Waals surface area contributed by atoms with Gasteiger partial charge in [-0.25, -0.2) is 0 Å². The SMILES string of the molecule is c1ccc(-c2cccc(-c3ccc(C4N=C(c5cccc(-n6c7ccc8ccccc8c7c7c8ccccc8ccc76)c5)Nc5ccccc54)cc3)c2)cc1. The number of rotatable bonds is 5. The van der Waals surface area contributed by atoms with Gasteiger partial charge in [-0.15, -0.1) is 0 Å². The van der Waals surface area contributed by atoms with E-state index in [1.807, 2.05) is 0 Å². The zero-order chi connectivity index (χ0) is 36.3. The molecule has 0 amide bonds. The zero-order valence-electron chi connectivity index (χ0n) is 30.0. The van der Waals surface area contributed by atoms with E-state index in [9.17, 15) is 0 Å². The van der Waals surface area contributed by atoms with Crippen LogP contribution in [0.2, 0.25) is 0 Å². The lowest BCUT2D eigenvalue weighted by molar-refractivity contribution is 0.863. The van der Waals surface area contributed by atoms with E-state index in [1.54, 1.807) is 0 Å². The molecule has 0 aliphatic carbocycles. The quantitative estimate of drug-likeness (QED) is 0.190. The number of benzene rings is 9. The fourth-order valence-electron chi connectivity index (χ4n) is 8.59. The third-order valence-electron chi connectivity index (χ3n) is 11.2. The van der Waals surface area contributed by atoms with Crippen molar-refractivity contribution in [3.8, 4) is 27.9 Å². The van der Waals surface area contributed by atoms with Crippen LogP contribution in [0.15, 0.2) is 205 Å². The minimum atomic E-state index is -0.147. The predicted molar refractivity (Wildman–Crippen MR) is 232 cm³/mol. The van der Waals surface area contributed by atoms with Gasteiger partial charge in [0.05, 0.1) is 11.0 Å². The van der Waals surface area contributed by atoms with Gasteiger partial charge in [-0.05, 0) is 85.8 Å². The van der Waals surface area contributed by atoms with Crippen LogP contribution < -0.4 is 5.32 Å².